The molecule has 0 aromatic carbocycles. The van der Waals surface area contributed by atoms with Crippen molar-refractivity contribution in [3.8, 4) is 0 Å². The lowest BCUT2D eigenvalue weighted by atomic mass is 10.0. The number of ketones is 1. The maximum absolute atomic E-state index is 11.8. The van der Waals surface area contributed by atoms with E-state index in [0.29, 0.717) is 25.8 Å². The molecule has 1 unspecified atom stereocenters. The third-order valence-electron chi connectivity index (χ3n) is 3.87. The van der Waals surface area contributed by atoms with E-state index < -0.39 is 0 Å². The average Bonchev–Trinajstić information content (AvgIpc) is 2.73. The minimum absolute atomic E-state index is 0.0881. The van der Waals surface area contributed by atoms with E-state index in [9.17, 15) is 14.4 Å². The molecule has 114 valence electrons. The van der Waals surface area contributed by atoms with Gasteiger partial charge in [-0.05, 0) is 19.3 Å². The quantitative estimate of drug-likeness (QED) is 0.490. The molecule has 5 heteroatoms. The number of primary amides is 1. The van der Waals surface area contributed by atoms with E-state index >= 15 is 0 Å². The zero-order chi connectivity index (χ0) is 15.0. The molecule has 0 bridgehead atoms. The second kappa shape index (κ2) is 8.72. The fraction of sp³-hybridized carbons (Fsp3) is 0.800. The molecule has 2 amide bonds. The molecule has 0 aromatic heterocycles. The van der Waals surface area contributed by atoms with Gasteiger partial charge in [0.2, 0.25) is 11.7 Å². The summed E-state index contributed by atoms with van der Waals surface area (Å²) in [6, 6.07) is 0.0881. The van der Waals surface area contributed by atoms with E-state index in [1.54, 1.807) is 4.90 Å². The number of carbonyl (C=O) groups is 3. The number of nitrogens with zero attached hydrogens (tertiary/aromatic N) is 1. The summed E-state index contributed by atoms with van der Waals surface area (Å²) in [7, 11) is 0. The second-order valence-electron chi connectivity index (χ2n) is 5.53. The van der Waals surface area contributed by atoms with Crippen LogP contribution in [0.2, 0.25) is 0 Å². The average molecular weight is 282 g/mol. The van der Waals surface area contributed by atoms with Gasteiger partial charge in [-0.1, -0.05) is 32.6 Å². The van der Waals surface area contributed by atoms with Gasteiger partial charge in [0.05, 0.1) is 0 Å². The van der Waals surface area contributed by atoms with Crippen LogP contribution in [-0.4, -0.2) is 35.1 Å². The molecule has 2 N–H and O–H groups in total. The number of nitrogens with two attached hydrogens (primary N) is 1. The number of Topliss-reactive ketones (excluding diaryl/α,β-unsaturated/α-hetero) is 1. The normalized spacial score (nSPS) is 16.8. The van der Waals surface area contributed by atoms with Crippen molar-refractivity contribution in [3.63, 3.8) is 0 Å². The Hall–Kier alpha value is -1.39. The van der Waals surface area contributed by atoms with Crippen LogP contribution in [0.15, 0.2) is 0 Å². The number of carbonyl (C=O) groups excluding carboxylic acids is 3. The summed E-state index contributed by atoms with van der Waals surface area (Å²) >= 11 is 0. The van der Waals surface area contributed by atoms with Gasteiger partial charge in [0.15, 0.2) is 0 Å². The van der Waals surface area contributed by atoms with Gasteiger partial charge in [0.25, 0.3) is 5.91 Å². The Kier molecular flexibility index (Phi) is 7.26. The molecule has 1 atom stereocenters. The molecule has 0 aromatic rings. The first-order valence-electron chi connectivity index (χ1n) is 7.68. The van der Waals surface area contributed by atoms with Crippen molar-refractivity contribution in [2.24, 2.45) is 5.73 Å². The van der Waals surface area contributed by atoms with Crippen molar-refractivity contribution in [3.05, 3.63) is 0 Å². The van der Waals surface area contributed by atoms with E-state index in [0.717, 1.165) is 25.7 Å². The van der Waals surface area contributed by atoms with Crippen molar-refractivity contribution >= 4 is 17.6 Å². The molecular formula is C15H26N2O3. The van der Waals surface area contributed by atoms with Crippen molar-refractivity contribution in [1.29, 1.82) is 0 Å². The smallest absolute Gasteiger partial charge is 0.290 e. The molecular weight excluding hydrogens is 256 g/mol. The highest BCUT2D eigenvalue weighted by atomic mass is 16.2. The fourth-order valence-corrected chi connectivity index (χ4v) is 2.71. The Balaban J connectivity index is 2.47. The van der Waals surface area contributed by atoms with Gasteiger partial charge in [-0.2, -0.15) is 0 Å². The highest BCUT2D eigenvalue weighted by Gasteiger charge is 2.33. The zero-order valence-electron chi connectivity index (χ0n) is 12.4. The Morgan fingerprint density at radius 1 is 1.20 bits per heavy atom. The second-order valence-corrected chi connectivity index (χ2v) is 5.53. The SMILES string of the molecule is CCCCCCC(CCCC(N)=O)N1CCC(=O)C1=O. The lowest BCUT2D eigenvalue weighted by molar-refractivity contribution is -0.141. The standard InChI is InChI=1S/C15H26N2O3/c1-2-3-4-5-7-12(8-6-9-14(16)19)17-11-10-13(18)15(17)20/h12H,2-11H2,1H3,(H2,16,19). The highest BCUT2D eigenvalue weighted by Crippen LogP contribution is 2.21. The summed E-state index contributed by atoms with van der Waals surface area (Å²) in [5.41, 5.74) is 5.15. The molecule has 0 spiro atoms. The molecule has 0 aliphatic carbocycles. The monoisotopic (exact) mass is 282 g/mol. The summed E-state index contributed by atoms with van der Waals surface area (Å²) in [6.07, 6.45) is 7.62. The number of likely N-dealkylation sites (tertiary alicyclic amines) is 1. The maximum atomic E-state index is 11.8. The minimum Gasteiger partial charge on any atom is -0.370 e. The number of amides is 2. The van der Waals surface area contributed by atoms with Gasteiger partial charge in [0.1, 0.15) is 0 Å². The molecule has 1 aliphatic rings. The minimum atomic E-state index is -0.343. The van der Waals surface area contributed by atoms with E-state index in [4.69, 9.17) is 5.73 Å². The largest absolute Gasteiger partial charge is 0.370 e. The molecule has 0 saturated carbocycles. The maximum Gasteiger partial charge on any atom is 0.290 e. The number of hydrogen-bond acceptors (Lipinski definition) is 3. The summed E-state index contributed by atoms with van der Waals surface area (Å²) in [4.78, 5) is 35.7. The van der Waals surface area contributed by atoms with Crippen LogP contribution in [-0.2, 0) is 14.4 Å². The van der Waals surface area contributed by atoms with Crippen LogP contribution in [0.4, 0.5) is 0 Å². The highest BCUT2D eigenvalue weighted by molar-refractivity contribution is 6.37. The van der Waals surface area contributed by atoms with Gasteiger partial charge in [-0.25, -0.2) is 0 Å². The Labute approximate surface area is 120 Å². The predicted octanol–water partition coefficient (Wildman–Crippen LogP) is 1.78. The molecule has 5 nitrogen and oxygen atoms in total. The first-order valence-corrected chi connectivity index (χ1v) is 7.68. The summed E-state index contributed by atoms with van der Waals surface area (Å²) in [5.74, 6) is -0.929. The van der Waals surface area contributed by atoms with Gasteiger partial charge in [-0.15, -0.1) is 0 Å². The summed E-state index contributed by atoms with van der Waals surface area (Å²) in [6.45, 7) is 2.69. The topological polar surface area (TPSA) is 80.5 Å². The fourth-order valence-electron chi connectivity index (χ4n) is 2.71. The number of rotatable bonds is 10. The zero-order valence-corrected chi connectivity index (χ0v) is 12.4. The van der Waals surface area contributed by atoms with E-state index in [2.05, 4.69) is 6.92 Å². The molecule has 1 saturated heterocycles. The molecule has 1 aliphatic heterocycles. The third-order valence-corrected chi connectivity index (χ3v) is 3.87. The van der Waals surface area contributed by atoms with Crippen LogP contribution >= 0.6 is 0 Å². The van der Waals surface area contributed by atoms with Crippen LogP contribution in [0, 0.1) is 0 Å². The van der Waals surface area contributed by atoms with Gasteiger partial charge in [0, 0.05) is 25.4 Å². The van der Waals surface area contributed by atoms with Crippen LogP contribution in [0.5, 0.6) is 0 Å². The number of unbranched alkanes of at least 4 members (excludes halogenated alkanes) is 3. The number of hydrogen-bond donors (Lipinski definition) is 1. The lowest BCUT2D eigenvalue weighted by Gasteiger charge is -2.27. The Bertz CT molecular complexity index is 355. The first-order chi connectivity index (χ1) is 9.56. The predicted molar refractivity (Wildman–Crippen MR) is 76.9 cm³/mol. The summed E-state index contributed by atoms with van der Waals surface area (Å²) in [5, 5.41) is 0. The van der Waals surface area contributed by atoms with Crippen molar-refractivity contribution < 1.29 is 14.4 Å². The van der Waals surface area contributed by atoms with Gasteiger partial charge >= 0.3 is 0 Å². The van der Waals surface area contributed by atoms with Gasteiger partial charge in [-0.3, -0.25) is 14.4 Å². The van der Waals surface area contributed by atoms with Crippen molar-refractivity contribution in [2.45, 2.75) is 70.8 Å². The third kappa shape index (κ3) is 5.31. The van der Waals surface area contributed by atoms with E-state index in [1.807, 2.05) is 0 Å². The molecule has 0 radical (unpaired) electrons. The molecule has 20 heavy (non-hydrogen) atoms. The Morgan fingerprint density at radius 3 is 2.45 bits per heavy atom. The van der Waals surface area contributed by atoms with Gasteiger partial charge < -0.3 is 10.6 Å². The van der Waals surface area contributed by atoms with Crippen LogP contribution in [0.3, 0.4) is 0 Å². The van der Waals surface area contributed by atoms with E-state index in [1.165, 1.54) is 12.8 Å². The van der Waals surface area contributed by atoms with Crippen LogP contribution in [0.1, 0.15) is 64.7 Å². The Morgan fingerprint density at radius 2 is 1.90 bits per heavy atom. The molecule has 1 heterocycles. The molecule has 1 rings (SSSR count). The van der Waals surface area contributed by atoms with Crippen molar-refractivity contribution in [1.82, 2.24) is 4.90 Å². The van der Waals surface area contributed by atoms with Crippen LogP contribution in [0.25, 0.3) is 0 Å². The lowest BCUT2D eigenvalue weighted by Crippen LogP contribution is -2.38. The summed E-state index contributed by atoms with van der Waals surface area (Å²) < 4.78 is 0. The van der Waals surface area contributed by atoms with Crippen molar-refractivity contribution in [2.75, 3.05) is 6.54 Å². The van der Waals surface area contributed by atoms with Crippen LogP contribution < -0.4 is 5.73 Å². The first kappa shape index (κ1) is 16.7. The van der Waals surface area contributed by atoms with E-state index in [-0.39, 0.29) is 23.6 Å². The molecule has 1 fully saturated rings.